The van der Waals surface area contributed by atoms with Crippen molar-refractivity contribution in [1.29, 1.82) is 0 Å². The Kier molecular flexibility index (Phi) is 5.91. The van der Waals surface area contributed by atoms with E-state index in [0.29, 0.717) is 0 Å². The normalized spacial score (nSPS) is 7.90. The molecule has 56 valence electrons. The maximum absolute atomic E-state index is 3.10. The van der Waals surface area contributed by atoms with Crippen LogP contribution in [0.4, 0.5) is 0 Å². The highest BCUT2D eigenvalue weighted by Crippen LogP contribution is 1.92. The van der Waals surface area contributed by atoms with Gasteiger partial charge in [-0.3, -0.25) is 0 Å². The van der Waals surface area contributed by atoms with Crippen molar-refractivity contribution in [3.63, 3.8) is 0 Å². The second-order valence-electron chi connectivity index (χ2n) is 2.50. The maximum Gasteiger partial charge on any atom is -0.00906 e. The minimum absolute atomic E-state index is 1.01. The van der Waals surface area contributed by atoms with Gasteiger partial charge < -0.3 is 0 Å². The Morgan fingerprint density at radius 2 is 2.00 bits per heavy atom. The molecule has 0 saturated carbocycles. The largest absolute Gasteiger partial charge is 0.129 e. The lowest BCUT2D eigenvalue weighted by molar-refractivity contribution is 1.22. The zero-order chi connectivity index (χ0) is 7.82. The molecule has 0 fully saturated rings. The monoisotopic (exact) mass is 136 g/mol. The van der Waals surface area contributed by atoms with Crippen molar-refractivity contribution in [3.8, 4) is 0 Å². The second-order valence-corrected chi connectivity index (χ2v) is 2.50. The lowest BCUT2D eigenvalue weighted by Gasteiger charge is -1.82. The molecule has 0 aromatic heterocycles. The summed E-state index contributed by atoms with van der Waals surface area (Å²) in [5.74, 6) is 0. The molecule has 0 radical (unpaired) electrons. The fourth-order valence-corrected chi connectivity index (χ4v) is 0.564. The Morgan fingerprint density at radius 1 is 1.30 bits per heavy atom. The van der Waals surface area contributed by atoms with Gasteiger partial charge in [0.25, 0.3) is 0 Å². The van der Waals surface area contributed by atoms with Gasteiger partial charge >= 0.3 is 0 Å². The molecule has 0 aromatic rings. The van der Waals surface area contributed by atoms with Gasteiger partial charge in [-0.05, 0) is 38.8 Å². The highest BCUT2D eigenvalue weighted by atomic mass is 13.8. The summed E-state index contributed by atoms with van der Waals surface area (Å²) < 4.78 is 0. The first-order valence-corrected chi connectivity index (χ1v) is 3.80. The molecule has 0 rings (SSSR count). The van der Waals surface area contributed by atoms with E-state index >= 15 is 0 Å². The smallest absolute Gasteiger partial charge is 0.00906 e. The van der Waals surface area contributed by atoms with E-state index in [1.165, 1.54) is 5.57 Å². The van der Waals surface area contributed by atoms with Crippen LogP contribution < -0.4 is 0 Å². The van der Waals surface area contributed by atoms with Crippen LogP contribution in [0.5, 0.6) is 0 Å². The Bertz CT molecular complexity index is 151. The molecule has 0 N–H and O–H groups in total. The third kappa shape index (κ3) is 7.26. The molecule has 0 atom stereocenters. The quantitative estimate of drug-likeness (QED) is 0.411. The first-order chi connectivity index (χ1) is 4.77. The molecule has 0 aliphatic rings. The van der Waals surface area contributed by atoms with E-state index < -0.39 is 0 Å². The van der Waals surface area contributed by atoms with E-state index in [2.05, 4.69) is 38.7 Å². The molecule has 0 unspecified atom stereocenters. The summed E-state index contributed by atoms with van der Waals surface area (Å²) in [5, 5.41) is 0. The number of rotatable bonds is 3. The predicted molar refractivity (Wildman–Crippen MR) is 47.0 cm³/mol. The average Bonchev–Trinajstić information content (AvgIpc) is 1.87. The van der Waals surface area contributed by atoms with Crippen LogP contribution >= 0.6 is 0 Å². The van der Waals surface area contributed by atoms with Gasteiger partial charge in [0.1, 0.15) is 0 Å². The molecular weight excluding hydrogens is 120 g/mol. The van der Waals surface area contributed by atoms with Crippen molar-refractivity contribution >= 4 is 0 Å². The fraction of sp³-hybridized carbons (Fsp3) is 0.500. The van der Waals surface area contributed by atoms with E-state index in [1.54, 1.807) is 0 Å². The lowest BCUT2D eigenvalue weighted by atomic mass is 10.2. The van der Waals surface area contributed by atoms with Gasteiger partial charge in [-0.25, -0.2) is 0 Å². The van der Waals surface area contributed by atoms with E-state index in [4.69, 9.17) is 0 Å². The minimum atomic E-state index is 1.01. The molecule has 0 heteroatoms. The molecule has 0 bridgehead atoms. The Hall–Kier alpha value is -0.740. The number of hydrogen-bond donors (Lipinski definition) is 0. The van der Waals surface area contributed by atoms with Crippen LogP contribution in [0, 0.1) is 0 Å². The number of hydrogen-bond acceptors (Lipinski definition) is 0. The highest BCUT2D eigenvalue weighted by Gasteiger charge is 1.71. The summed E-state index contributed by atoms with van der Waals surface area (Å²) in [4.78, 5) is 0. The zero-order valence-corrected chi connectivity index (χ0v) is 7.15. The predicted octanol–water partition coefficient (Wildman–Crippen LogP) is 3.46. The molecule has 10 heavy (non-hydrogen) atoms. The summed E-state index contributed by atoms with van der Waals surface area (Å²) in [7, 11) is 0. The highest BCUT2D eigenvalue weighted by molar-refractivity contribution is 4.98. The summed E-state index contributed by atoms with van der Waals surface area (Å²) >= 11 is 0. The summed E-state index contributed by atoms with van der Waals surface area (Å²) in [6, 6.07) is 0. The maximum atomic E-state index is 3.10. The van der Waals surface area contributed by atoms with Gasteiger partial charge in [0.2, 0.25) is 0 Å². The lowest BCUT2D eigenvalue weighted by Crippen LogP contribution is -1.61. The molecule has 0 spiro atoms. The van der Waals surface area contributed by atoms with Crippen molar-refractivity contribution in [2.75, 3.05) is 0 Å². The summed E-state index contributed by atoms with van der Waals surface area (Å²) in [6.45, 7) is 6.33. The zero-order valence-electron chi connectivity index (χ0n) is 7.15. The van der Waals surface area contributed by atoms with Crippen molar-refractivity contribution in [2.24, 2.45) is 0 Å². The number of allylic oxidation sites excluding steroid dienone is 3. The van der Waals surface area contributed by atoms with Crippen LogP contribution in [-0.4, -0.2) is 0 Å². The van der Waals surface area contributed by atoms with Crippen LogP contribution in [0.2, 0.25) is 0 Å². The molecule has 0 aliphatic carbocycles. The van der Waals surface area contributed by atoms with E-state index in [1.807, 2.05) is 6.08 Å². The van der Waals surface area contributed by atoms with Crippen LogP contribution in [0.15, 0.2) is 29.5 Å². The molecule has 0 nitrogen and oxygen atoms in total. The molecule has 0 aliphatic heterocycles. The fourth-order valence-electron chi connectivity index (χ4n) is 0.564. The van der Waals surface area contributed by atoms with Gasteiger partial charge in [-0.2, -0.15) is 0 Å². The van der Waals surface area contributed by atoms with Crippen LogP contribution in [0.25, 0.3) is 0 Å². The Morgan fingerprint density at radius 3 is 2.50 bits per heavy atom. The molecular formula is C10H16. The van der Waals surface area contributed by atoms with Crippen LogP contribution in [0.3, 0.4) is 0 Å². The Balaban J connectivity index is 3.54. The van der Waals surface area contributed by atoms with E-state index in [0.717, 1.165) is 12.8 Å². The third-order valence-corrected chi connectivity index (χ3v) is 1.08. The SMILES string of the molecule is CCC=C=CCC=C(C)C. The topological polar surface area (TPSA) is 0 Å². The van der Waals surface area contributed by atoms with Crippen molar-refractivity contribution in [3.05, 3.63) is 29.5 Å². The van der Waals surface area contributed by atoms with Crippen molar-refractivity contribution in [1.82, 2.24) is 0 Å². The molecule has 0 amide bonds. The van der Waals surface area contributed by atoms with Crippen molar-refractivity contribution in [2.45, 2.75) is 33.6 Å². The minimum Gasteiger partial charge on any atom is -0.129 e. The molecule has 0 heterocycles. The second kappa shape index (κ2) is 6.38. The van der Waals surface area contributed by atoms with Gasteiger partial charge in [0.15, 0.2) is 0 Å². The summed E-state index contributed by atoms with van der Waals surface area (Å²) in [5.41, 5.74) is 4.47. The first kappa shape index (κ1) is 9.26. The standard InChI is InChI=1S/C10H16/c1-4-5-6-7-8-9-10(2)3/h5,7,9H,4,8H2,1-3H3. The van der Waals surface area contributed by atoms with Crippen LogP contribution in [-0.2, 0) is 0 Å². The van der Waals surface area contributed by atoms with E-state index in [-0.39, 0.29) is 0 Å². The molecule has 0 saturated heterocycles. The van der Waals surface area contributed by atoms with E-state index in [9.17, 15) is 0 Å². The third-order valence-electron chi connectivity index (χ3n) is 1.08. The summed E-state index contributed by atoms with van der Waals surface area (Å²) in [6.07, 6.45) is 8.37. The van der Waals surface area contributed by atoms with Gasteiger partial charge in [0, 0.05) is 0 Å². The first-order valence-electron chi connectivity index (χ1n) is 3.80. The molecule has 0 aromatic carbocycles. The Labute approximate surface area is 64.0 Å². The average molecular weight is 136 g/mol. The van der Waals surface area contributed by atoms with Gasteiger partial charge in [-0.1, -0.05) is 18.6 Å². The van der Waals surface area contributed by atoms with Gasteiger partial charge in [0.05, 0.1) is 0 Å². The van der Waals surface area contributed by atoms with Gasteiger partial charge in [-0.15, -0.1) is 5.73 Å². The van der Waals surface area contributed by atoms with Crippen molar-refractivity contribution < 1.29 is 0 Å². The van der Waals surface area contributed by atoms with Crippen LogP contribution in [0.1, 0.15) is 33.6 Å².